The van der Waals surface area contributed by atoms with Crippen LogP contribution in [0.25, 0.3) is 0 Å². The molecule has 0 aliphatic carbocycles. The van der Waals surface area contributed by atoms with Crippen LogP contribution < -0.4 is 5.32 Å². The molecule has 7 heteroatoms. The first-order valence-corrected chi connectivity index (χ1v) is 6.34. The molecule has 0 fully saturated rings. The van der Waals surface area contributed by atoms with Crippen LogP contribution in [0.4, 0.5) is 11.6 Å². The Morgan fingerprint density at radius 2 is 2.20 bits per heavy atom. The van der Waals surface area contributed by atoms with Gasteiger partial charge in [0.1, 0.15) is 11.9 Å². The summed E-state index contributed by atoms with van der Waals surface area (Å²) in [4.78, 5) is 22.9. The summed E-state index contributed by atoms with van der Waals surface area (Å²) < 4.78 is 0. The zero-order valence-electron chi connectivity index (χ0n) is 11.1. The van der Waals surface area contributed by atoms with Gasteiger partial charge in [-0.05, 0) is 18.6 Å². The van der Waals surface area contributed by atoms with E-state index in [9.17, 15) is 10.1 Å². The Hall–Kier alpha value is -2.57. The first-order chi connectivity index (χ1) is 9.70. The fourth-order valence-electron chi connectivity index (χ4n) is 1.69. The van der Waals surface area contributed by atoms with E-state index in [1.807, 2.05) is 19.1 Å². The molecule has 0 unspecified atom stereocenters. The Morgan fingerprint density at radius 1 is 1.35 bits per heavy atom. The minimum atomic E-state index is -0.470. The minimum absolute atomic E-state index is 0.0855. The van der Waals surface area contributed by atoms with Gasteiger partial charge in [-0.25, -0.2) is 9.97 Å². The van der Waals surface area contributed by atoms with Crippen LogP contribution in [0.1, 0.15) is 24.7 Å². The van der Waals surface area contributed by atoms with Crippen molar-refractivity contribution in [1.29, 1.82) is 0 Å². The Labute approximate surface area is 116 Å². The minimum Gasteiger partial charge on any atom is -0.354 e. The molecule has 7 nitrogen and oxygen atoms in total. The molecule has 0 saturated heterocycles. The molecule has 2 aromatic rings. The first-order valence-electron chi connectivity index (χ1n) is 6.34. The highest BCUT2D eigenvalue weighted by Gasteiger charge is 2.17. The predicted molar refractivity (Wildman–Crippen MR) is 74.5 cm³/mol. The summed E-state index contributed by atoms with van der Waals surface area (Å²) >= 11 is 0. The molecule has 2 heterocycles. The van der Waals surface area contributed by atoms with E-state index in [1.165, 1.54) is 6.20 Å². The quantitative estimate of drug-likeness (QED) is 0.640. The topological polar surface area (TPSA) is 93.8 Å². The summed E-state index contributed by atoms with van der Waals surface area (Å²) in [5.41, 5.74) is 1.01. The molecule has 0 aliphatic rings. The summed E-state index contributed by atoms with van der Waals surface area (Å²) in [6.07, 6.45) is 4.12. The van der Waals surface area contributed by atoms with E-state index in [-0.39, 0.29) is 5.69 Å². The zero-order valence-corrected chi connectivity index (χ0v) is 11.1. The zero-order chi connectivity index (χ0) is 14.4. The average Bonchev–Trinajstić information content (AvgIpc) is 2.46. The van der Waals surface area contributed by atoms with Gasteiger partial charge < -0.3 is 5.32 Å². The van der Waals surface area contributed by atoms with Crippen LogP contribution in [-0.2, 0) is 6.42 Å². The molecule has 2 aromatic heterocycles. The molecule has 20 heavy (non-hydrogen) atoms. The van der Waals surface area contributed by atoms with E-state index in [1.54, 1.807) is 12.3 Å². The van der Waals surface area contributed by atoms with Gasteiger partial charge in [0.15, 0.2) is 0 Å². The number of pyridine rings is 1. The van der Waals surface area contributed by atoms with Gasteiger partial charge in [-0.3, -0.25) is 15.1 Å². The predicted octanol–water partition coefficient (Wildman–Crippen LogP) is 2.19. The molecule has 0 radical (unpaired) electrons. The summed E-state index contributed by atoms with van der Waals surface area (Å²) in [6, 6.07) is 5.45. The van der Waals surface area contributed by atoms with E-state index >= 15 is 0 Å². The number of nitro groups is 1. The molecular weight excluding hydrogens is 258 g/mol. The average molecular weight is 273 g/mol. The Balaban J connectivity index is 2.29. The van der Waals surface area contributed by atoms with Crippen molar-refractivity contribution in [2.24, 2.45) is 0 Å². The normalized spacial score (nSPS) is 10.2. The van der Waals surface area contributed by atoms with E-state index in [0.29, 0.717) is 18.1 Å². The second-order valence-electron chi connectivity index (χ2n) is 4.21. The van der Waals surface area contributed by atoms with Crippen molar-refractivity contribution in [2.75, 3.05) is 11.9 Å². The van der Waals surface area contributed by atoms with Crippen LogP contribution in [0.2, 0.25) is 0 Å². The van der Waals surface area contributed by atoms with Crippen molar-refractivity contribution < 1.29 is 4.92 Å². The van der Waals surface area contributed by atoms with Crippen molar-refractivity contribution >= 4 is 11.6 Å². The van der Waals surface area contributed by atoms with E-state index < -0.39 is 4.92 Å². The number of hydrogen-bond donors (Lipinski definition) is 1. The van der Waals surface area contributed by atoms with Crippen LogP contribution in [0.15, 0.2) is 30.6 Å². The summed E-state index contributed by atoms with van der Waals surface area (Å²) in [7, 11) is 0. The third kappa shape index (κ3) is 3.47. The number of nitrogens with zero attached hydrogens (tertiary/aromatic N) is 4. The highest BCUT2D eigenvalue weighted by atomic mass is 16.6. The number of anilines is 1. The molecule has 0 amide bonds. The maximum atomic E-state index is 11.0. The largest absolute Gasteiger partial charge is 0.354 e. The second-order valence-corrected chi connectivity index (χ2v) is 4.21. The number of nitrogens with one attached hydrogen (secondary N) is 1. The molecule has 0 bridgehead atoms. The summed E-state index contributed by atoms with van der Waals surface area (Å²) in [6.45, 7) is 2.74. The first kappa shape index (κ1) is 13.9. The van der Waals surface area contributed by atoms with Crippen LogP contribution in [0.5, 0.6) is 0 Å². The van der Waals surface area contributed by atoms with Gasteiger partial charge in [0, 0.05) is 24.9 Å². The maximum Gasteiger partial charge on any atom is 0.309 e. The lowest BCUT2D eigenvalue weighted by atomic mass is 10.2. The molecule has 2 rings (SSSR count). The Bertz CT molecular complexity index is 589. The van der Waals surface area contributed by atoms with Crippen LogP contribution in [0.3, 0.4) is 0 Å². The molecular formula is C13H15N5O2. The Kier molecular flexibility index (Phi) is 4.54. The van der Waals surface area contributed by atoms with E-state index in [4.69, 9.17) is 0 Å². The van der Waals surface area contributed by atoms with Gasteiger partial charge >= 0.3 is 5.69 Å². The number of hydrogen-bond acceptors (Lipinski definition) is 6. The molecule has 0 aliphatic heterocycles. The lowest BCUT2D eigenvalue weighted by molar-refractivity contribution is -0.386. The fraction of sp³-hybridized carbons (Fsp3) is 0.308. The number of aromatic nitrogens is 3. The van der Waals surface area contributed by atoms with Gasteiger partial charge in [0.25, 0.3) is 0 Å². The lowest BCUT2D eigenvalue weighted by Gasteiger charge is -2.06. The lowest BCUT2D eigenvalue weighted by Crippen LogP contribution is -2.08. The summed E-state index contributed by atoms with van der Waals surface area (Å²) in [5, 5.41) is 14.0. The smallest absolute Gasteiger partial charge is 0.309 e. The van der Waals surface area contributed by atoms with E-state index in [0.717, 1.165) is 18.7 Å². The highest BCUT2D eigenvalue weighted by Crippen LogP contribution is 2.19. The van der Waals surface area contributed by atoms with Gasteiger partial charge in [-0.15, -0.1) is 0 Å². The van der Waals surface area contributed by atoms with Crippen molar-refractivity contribution in [3.05, 3.63) is 52.1 Å². The van der Waals surface area contributed by atoms with E-state index in [2.05, 4.69) is 20.3 Å². The maximum absolute atomic E-state index is 11.0. The van der Waals surface area contributed by atoms with Gasteiger partial charge in [0.2, 0.25) is 5.95 Å². The fourth-order valence-corrected chi connectivity index (χ4v) is 1.69. The third-order valence-electron chi connectivity index (χ3n) is 2.65. The molecule has 0 aromatic carbocycles. The molecule has 0 saturated carbocycles. The monoisotopic (exact) mass is 273 g/mol. The molecule has 0 spiro atoms. The standard InChI is InChI=1S/C13H15N5O2/c1-2-6-15-13-16-9-12(18(19)20)11(17-13)8-10-5-3-4-7-14-10/h3-5,7,9H,2,6,8H2,1H3,(H,15,16,17). The SMILES string of the molecule is CCCNc1ncc([N+](=O)[O-])c(Cc2ccccn2)n1. The van der Waals surface area contributed by atoms with Gasteiger partial charge in [0.05, 0.1) is 4.92 Å². The van der Waals surface area contributed by atoms with Crippen molar-refractivity contribution in [3.8, 4) is 0 Å². The Morgan fingerprint density at radius 3 is 2.85 bits per heavy atom. The van der Waals surface area contributed by atoms with Gasteiger partial charge in [-0.2, -0.15) is 0 Å². The summed E-state index contributed by atoms with van der Waals surface area (Å²) in [5.74, 6) is 0.406. The third-order valence-corrected chi connectivity index (χ3v) is 2.65. The highest BCUT2D eigenvalue weighted by molar-refractivity contribution is 5.40. The molecule has 0 atom stereocenters. The number of rotatable bonds is 6. The second kappa shape index (κ2) is 6.55. The van der Waals surface area contributed by atoms with Crippen LogP contribution >= 0.6 is 0 Å². The van der Waals surface area contributed by atoms with Crippen molar-refractivity contribution in [1.82, 2.24) is 15.0 Å². The van der Waals surface area contributed by atoms with Crippen molar-refractivity contribution in [2.45, 2.75) is 19.8 Å². The molecule has 1 N–H and O–H groups in total. The molecule has 104 valence electrons. The van der Waals surface area contributed by atoms with Crippen LogP contribution in [0, 0.1) is 10.1 Å². The van der Waals surface area contributed by atoms with Crippen LogP contribution in [-0.4, -0.2) is 26.4 Å². The van der Waals surface area contributed by atoms with Crippen molar-refractivity contribution in [3.63, 3.8) is 0 Å². The van der Waals surface area contributed by atoms with Gasteiger partial charge in [-0.1, -0.05) is 13.0 Å².